The second-order valence-electron chi connectivity index (χ2n) is 4.37. The van der Waals surface area contributed by atoms with E-state index in [4.69, 9.17) is 5.11 Å². The van der Waals surface area contributed by atoms with Crippen LogP contribution in [0.2, 0.25) is 0 Å². The molecule has 0 rings (SSSR count). The Hall–Kier alpha value is -0.0800. The molecule has 0 aliphatic heterocycles. The van der Waals surface area contributed by atoms with Crippen LogP contribution in [0.5, 0.6) is 0 Å². The highest BCUT2D eigenvalue weighted by molar-refractivity contribution is 4.66. The fourth-order valence-electron chi connectivity index (χ4n) is 1.85. The molecule has 2 nitrogen and oxygen atoms in total. The van der Waals surface area contributed by atoms with Crippen LogP contribution in [0, 0.1) is 0 Å². The van der Waals surface area contributed by atoms with Gasteiger partial charge in [-0.2, -0.15) is 0 Å². The predicted molar refractivity (Wildman–Crippen MR) is 67.2 cm³/mol. The Bertz CT molecular complexity index is 117. The molecule has 2 N–H and O–H groups in total. The average molecular weight is 215 g/mol. The molecule has 1 unspecified atom stereocenters. The Morgan fingerprint density at radius 3 is 2.27 bits per heavy atom. The molecule has 0 saturated carbocycles. The monoisotopic (exact) mass is 215 g/mol. The molecule has 15 heavy (non-hydrogen) atoms. The molecule has 0 aliphatic rings. The summed E-state index contributed by atoms with van der Waals surface area (Å²) in [5.41, 5.74) is 0. The van der Waals surface area contributed by atoms with Crippen molar-refractivity contribution in [1.29, 1.82) is 0 Å². The van der Waals surface area contributed by atoms with Crippen molar-refractivity contribution in [3.05, 3.63) is 0 Å². The summed E-state index contributed by atoms with van der Waals surface area (Å²) in [5.74, 6) is 0. The summed E-state index contributed by atoms with van der Waals surface area (Å²) in [4.78, 5) is 0. The van der Waals surface area contributed by atoms with Gasteiger partial charge in [0.2, 0.25) is 0 Å². The molecular formula is C13H29NO. The van der Waals surface area contributed by atoms with E-state index in [9.17, 15) is 0 Å². The summed E-state index contributed by atoms with van der Waals surface area (Å²) >= 11 is 0. The normalized spacial score (nSPS) is 13.0. The van der Waals surface area contributed by atoms with Crippen LogP contribution in [-0.4, -0.2) is 24.3 Å². The quantitative estimate of drug-likeness (QED) is 0.519. The third kappa shape index (κ3) is 10.2. The number of unbranched alkanes of at least 4 members (excludes halogenated alkanes) is 4. The van der Waals surface area contributed by atoms with E-state index in [1.165, 1.54) is 44.9 Å². The van der Waals surface area contributed by atoms with Gasteiger partial charge in [0.1, 0.15) is 0 Å². The van der Waals surface area contributed by atoms with Crippen LogP contribution >= 0.6 is 0 Å². The summed E-state index contributed by atoms with van der Waals surface area (Å²) in [7, 11) is 0. The van der Waals surface area contributed by atoms with E-state index in [-0.39, 0.29) is 0 Å². The zero-order valence-corrected chi connectivity index (χ0v) is 10.6. The molecule has 0 heterocycles. The van der Waals surface area contributed by atoms with E-state index in [0.29, 0.717) is 12.6 Å². The molecule has 0 saturated heterocycles. The largest absolute Gasteiger partial charge is 0.396 e. The third-order valence-corrected chi connectivity index (χ3v) is 2.82. The van der Waals surface area contributed by atoms with Gasteiger partial charge in [-0.25, -0.2) is 0 Å². The van der Waals surface area contributed by atoms with Crippen molar-refractivity contribution in [2.45, 2.75) is 71.3 Å². The topological polar surface area (TPSA) is 32.3 Å². The van der Waals surface area contributed by atoms with Crippen LogP contribution in [0.3, 0.4) is 0 Å². The zero-order chi connectivity index (χ0) is 11.4. The lowest BCUT2D eigenvalue weighted by Crippen LogP contribution is -2.30. The van der Waals surface area contributed by atoms with Crippen molar-refractivity contribution in [2.24, 2.45) is 0 Å². The summed E-state index contributed by atoms with van der Waals surface area (Å²) in [6.45, 7) is 5.83. The van der Waals surface area contributed by atoms with Gasteiger partial charge in [0.15, 0.2) is 0 Å². The molecule has 1 atom stereocenters. The standard InChI is InChI=1S/C13H29NO/c1-3-5-6-7-8-9-13(10-12-15)14-11-4-2/h13-15H,3-12H2,1-2H3. The molecule has 0 amide bonds. The van der Waals surface area contributed by atoms with Crippen LogP contribution in [0.25, 0.3) is 0 Å². The number of nitrogens with one attached hydrogen (secondary N) is 1. The summed E-state index contributed by atoms with van der Waals surface area (Å²) in [6.07, 6.45) is 10.0. The van der Waals surface area contributed by atoms with Crippen molar-refractivity contribution in [3.8, 4) is 0 Å². The number of rotatable bonds is 11. The molecule has 0 fully saturated rings. The van der Waals surface area contributed by atoms with Gasteiger partial charge in [0.25, 0.3) is 0 Å². The van der Waals surface area contributed by atoms with Gasteiger partial charge < -0.3 is 10.4 Å². The first-order valence-electron chi connectivity index (χ1n) is 6.69. The van der Waals surface area contributed by atoms with Gasteiger partial charge in [-0.3, -0.25) is 0 Å². The first kappa shape index (κ1) is 14.9. The lowest BCUT2D eigenvalue weighted by molar-refractivity contribution is 0.259. The first-order chi connectivity index (χ1) is 7.35. The van der Waals surface area contributed by atoms with Crippen molar-refractivity contribution in [1.82, 2.24) is 5.32 Å². The van der Waals surface area contributed by atoms with Crippen LogP contribution in [0.15, 0.2) is 0 Å². The van der Waals surface area contributed by atoms with Crippen LogP contribution < -0.4 is 5.32 Å². The molecule has 92 valence electrons. The molecule has 0 bridgehead atoms. The fraction of sp³-hybridized carbons (Fsp3) is 1.00. The van der Waals surface area contributed by atoms with Gasteiger partial charge in [-0.05, 0) is 25.8 Å². The van der Waals surface area contributed by atoms with E-state index in [0.717, 1.165) is 13.0 Å². The smallest absolute Gasteiger partial charge is 0.0445 e. The van der Waals surface area contributed by atoms with Crippen LogP contribution in [-0.2, 0) is 0 Å². The Kier molecular flexibility index (Phi) is 11.9. The van der Waals surface area contributed by atoms with Crippen molar-refractivity contribution in [3.63, 3.8) is 0 Å². The van der Waals surface area contributed by atoms with Crippen LogP contribution in [0.1, 0.15) is 65.2 Å². The third-order valence-electron chi connectivity index (χ3n) is 2.82. The Labute approximate surface area is 95.5 Å². The summed E-state index contributed by atoms with van der Waals surface area (Å²) in [5, 5.41) is 12.4. The number of aliphatic hydroxyl groups is 1. The van der Waals surface area contributed by atoms with Gasteiger partial charge in [0.05, 0.1) is 0 Å². The molecule has 2 heteroatoms. The Balaban J connectivity index is 3.38. The minimum Gasteiger partial charge on any atom is -0.396 e. The molecule has 0 radical (unpaired) electrons. The van der Waals surface area contributed by atoms with Gasteiger partial charge in [0, 0.05) is 12.6 Å². The highest BCUT2D eigenvalue weighted by Gasteiger charge is 2.05. The molecule has 0 aliphatic carbocycles. The highest BCUT2D eigenvalue weighted by atomic mass is 16.3. The van der Waals surface area contributed by atoms with Crippen LogP contribution in [0.4, 0.5) is 0 Å². The molecule has 0 aromatic heterocycles. The lowest BCUT2D eigenvalue weighted by Gasteiger charge is -2.17. The maximum Gasteiger partial charge on any atom is 0.0445 e. The van der Waals surface area contributed by atoms with Gasteiger partial charge >= 0.3 is 0 Å². The Morgan fingerprint density at radius 1 is 0.933 bits per heavy atom. The maximum absolute atomic E-state index is 8.94. The van der Waals surface area contributed by atoms with Gasteiger partial charge in [-0.1, -0.05) is 46.0 Å². The minimum absolute atomic E-state index is 0.316. The zero-order valence-electron chi connectivity index (χ0n) is 10.6. The number of hydrogen-bond donors (Lipinski definition) is 2. The maximum atomic E-state index is 8.94. The first-order valence-corrected chi connectivity index (χ1v) is 6.69. The second-order valence-corrected chi connectivity index (χ2v) is 4.37. The van der Waals surface area contributed by atoms with Crippen molar-refractivity contribution in [2.75, 3.05) is 13.2 Å². The Morgan fingerprint density at radius 2 is 1.67 bits per heavy atom. The number of hydrogen-bond acceptors (Lipinski definition) is 2. The number of aliphatic hydroxyl groups excluding tert-OH is 1. The molecular weight excluding hydrogens is 186 g/mol. The van der Waals surface area contributed by atoms with E-state index < -0.39 is 0 Å². The highest BCUT2D eigenvalue weighted by Crippen LogP contribution is 2.09. The minimum atomic E-state index is 0.316. The fourth-order valence-corrected chi connectivity index (χ4v) is 1.85. The van der Waals surface area contributed by atoms with E-state index in [1.54, 1.807) is 0 Å². The SMILES string of the molecule is CCCCCCCC(CCO)NCCC. The summed E-state index contributed by atoms with van der Waals surface area (Å²) in [6, 6.07) is 0.538. The van der Waals surface area contributed by atoms with Crippen molar-refractivity contribution >= 4 is 0 Å². The summed E-state index contributed by atoms with van der Waals surface area (Å²) < 4.78 is 0. The second kappa shape index (κ2) is 12.0. The van der Waals surface area contributed by atoms with E-state index in [1.807, 2.05) is 0 Å². The molecule has 0 aromatic rings. The lowest BCUT2D eigenvalue weighted by atomic mass is 10.0. The van der Waals surface area contributed by atoms with E-state index in [2.05, 4.69) is 19.2 Å². The predicted octanol–water partition coefficient (Wildman–Crippen LogP) is 3.10. The van der Waals surface area contributed by atoms with Crippen molar-refractivity contribution < 1.29 is 5.11 Å². The van der Waals surface area contributed by atoms with E-state index >= 15 is 0 Å². The van der Waals surface area contributed by atoms with Gasteiger partial charge in [-0.15, -0.1) is 0 Å². The molecule has 0 spiro atoms. The average Bonchev–Trinajstić information content (AvgIpc) is 2.25. The molecule has 0 aromatic carbocycles.